The van der Waals surface area contributed by atoms with Crippen LogP contribution in [0.5, 0.6) is 0 Å². The number of nitrogens with zero attached hydrogens (tertiary/aromatic N) is 1. The molecule has 0 radical (unpaired) electrons. The lowest BCUT2D eigenvalue weighted by atomic mass is 9.90. The molecule has 0 fully saturated rings. The van der Waals surface area contributed by atoms with E-state index < -0.39 is 0 Å². The van der Waals surface area contributed by atoms with E-state index in [0.29, 0.717) is 0 Å². The van der Waals surface area contributed by atoms with Crippen molar-refractivity contribution in [3.05, 3.63) is 38.0 Å². The van der Waals surface area contributed by atoms with Crippen molar-refractivity contribution < 1.29 is 0 Å². The third-order valence-electron chi connectivity index (χ3n) is 2.27. The van der Waals surface area contributed by atoms with E-state index in [1.165, 1.54) is 0 Å². The zero-order chi connectivity index (χ0) is 9.61. The summed E-state index contributed by atoms with van der Waals surface area (Å²) in [5.74, 6) is 0. The van der Waals surface area contributed by atoms with Crippen molar-refractivity contribution in [3.63, 3.8) is 0 Å². The molecule has 0 unspecified atom stereocenters. The molecule has 0 aliphatic heterocycles. The fourth-order valence-corrected chi connectivity index (χ4v) is 1.30. The Morgan fingerprint density at radius 1 is 1.08 bits per heavy atom. The second-order valence-corrected chi connectivity index (χ2v) is 3.19. The highest BCUT2D eigenvalue weighted by atomic mass is 35.5. The molecule has 13 heavy (non-hydrogen) atoms. The smallest absolute Gasteiger partial charge is 0.0451 e. The van der Waals surface area contributed by atoms with Crippen LogP contribution < -0.4 is 0 Å². The summed E-state index contributed by atoms with van der Waals surface area (Å²) in [4.78, 5) is 2.16. The van der Waals surface area contributed by atoms with Crippen LogP contribution in [0.4, 0.5) is 0 Å². The van der Waals surface area contributed by atoms with Gasteiger partial charge in [0.2, 0.25) is 0 Å². The molecule has 0 bridgehead atoms. The molecule has 0 aromatic rings. The maximum atomic E-state index is 3.85. The second-order valence-electron chi connectivity index (χ2n) is 3.19. The van der Waals surface area contributed by atoms with E-state index in [1.807, 2.05) is 18.2 Å². The average Bonchev–Trinajstić information content (AvgIpc) is 2.03. The van der Waals surface area contributed by atoms with Crippen LogP contribution in [-0.2, 0) is 0 Å². The van der Waals surface area contributed by atoms with Gasteiger partial charge in [-0.2, -0.15) is 0 Å². The lowest BCUT2D eigenvalue weighted by Gasteiger charge is -2.35. The predicted octanol–water partition coefficient (Wildman–Crippen LogP) is 3.05. The maximum Gasteiger partial charge on any atom is 0.0451 e. The van der Waals surface area contributed by atoms with Gasteiger partial charge in [0.05, 0.1) is 0 Å². The predicted molar refractivity (Wildman–Crippen MR) is 63.5 cm³/mol. The van der Waals surface area contributed by atoms with Gasteiger partial charge in [0.15, 0.2) is 0 Å². The quantitative estimate of drug-likeness (QED) is 0.598. The standard InChI is InChI=1S/C11H19N.ClH/c1-6-9-11(8-3,10-7-2)12(4)5;/h6-8H,1-3,9-10H2,4-5H3;1H. The molecule has 1 nitrogen and oxygen atoms in total. The van der Waals surface area contributed by atoms with E-state index in [4.69, 9.17) is 0 Å². The van der Waals surface area contributed by atoms with Gasteiger partial charge in [0.1, 0.15) is 0 Å². The van der Waals surface area contributed by atoms with Crippen molar-refractivity contribution in [1.82, 2.24) is 4.90 Å². The number of rotatable bonds is 6. The zero-order valence-electron chi connectivity index (χ0n) is 8.62. The van der Waals surface area contributed by atoms with Crippen molar-refractivity contribution in [2.45, 2.75) is 18.4 Å². The van der Waals surface area contributed by atoms with Crippen LogP contribution in [0, 0.1) is 0 Å². The number of hydrogen-bond acceptors (Lipinski definition) is 1. The highest BCUT2D eigenvalue weighted by Gasteiger charge is 2.25. The molecule has 76 valence electrons. The van der Waals surface area contributed by atoms with Gasteiger partial charge >= 0.3 is 0 Å². The summed E-state index contributed by atoms with van der Waals surface area (Å²) >= 11 is 0. The van der Waals surface area contributed by atoms with Gasteiger partial charge in [-0.3, -0.25) is 4.90 Å². The maximum absolute atomic E-state index is 3.85. The molecule has 0 saturated heterocycles. The summed E-state index contributed by atoms with van der Waals surface area (Å²) < 4.78 is 0. The summed E-state index contributed by atoms with van der Waals surface area (Å²) in [6.07, 6.45) is 7.64. The van der Waals surface area contributed by atoms with Gasteiger partial charge in [-0.05, 0) is 26.9 Å². The van der Waals surface area contributed by atoms with Gasteiger partial charge in [0, 0.05) is 5.54 Å². The number of halogens is 1. The SMILES string of the molecule is C=CCC(C=C)(CC=C)N(C)C.Cl. The average molecular weight is 202 g/mol. The molecule has 0 aliphatic rings. The summed E-state index contributed by atoms with van der Waals surface area (Å²) in [5, 5.41) is 0. The van der Waals surface area contributed by atoms with Crippen molar-refractivity contribution >= 4 is 12.4 Å². The molecular weight excluding hydrogens is 182 g/mol. The minimum atomic E-state index is 0. The van der Waals surface area contributed by atoms with Gasteiger partial charge in [-0.15, -0.1) is 32.1 Å². The lowest BCUT2D eigenvalue weighted by Crippen LogP contribution is -2.41. The fraction of sp³-hybridized carbons (Fsp3) is 0.455. The Morgan fingerprint density at radius 3 is 1.62 bits per heavy atom. The largest absolute Gasteiger partial charge is 0.300 e. The van der Waals surface area contributed by atoms with E-state index in [9.17, 15) is 0 Å². The molecule has 0 N–H and O–H groups in total. The van der Waals surface area contributed by atoms with Crippen molar-refractivity contribution in [1.29, 1.82) is 0 Å². The summed E-state index contributed by atoms with van der Waals surface area (Å²) in [5.41, 5.74) is 0.00347. The Hall–Kier alpha value is -0.530. The summed E-state index contributed by atoms with van der Waals surface area (Å²) in [6.45, 7) is 11.4. The van der Waals surface area contributed by atoms with Crippen LogP contribution in [-0.4, -0.2) is 24.5 Å². The molecule has 0 heterocycles. The van der Waals surface area contributed by atoms with Crippen LogP contribution in [0.2, 0.25) is 0 Å². The molecule has 0 rings (SSSR count). The van der Waals surface area contributed by atoms with Crippen LogP contribution in [0.15, 0.2) is 38.0 Å². The zero-order valence-corrected chi connectivity index (χ0v) is 9.44. The van der Waals surface area contributed by atoms with Crippen molar-refractivity contribution in [2.75, 3.05) is 14.1 Å². The first-order valence-electron chi connectivity index (χ1n) is 4.16. The van der Waals surface area contributed by atoms with Crippen LogP contribution in [0.3, 0.4) is 0 Å². The van der Waals surface area contributed by atoms with Crippen LogP contribution in [0.25, 0.3) is 0 Å². The molecular formula is C11H20ClN. The molecule has 0 aromatic carbocycles. The normalized spacial score (nSPS) is 10.4. The van der Waals surface area contributed by atoms with Gasteiger partial charge in [0.25, 0.3) is 0 Å². The third kappa shape index (κ3) is 3.79. The summed E-state index contributed by atoms with van der Waals surface area (Å²) in [6, 6.07) is 0. The Kier molecular flexibility index (Phi) is 7.98. The molecule has 0 spiro atoms. The van der Waals surface area contributed by atoms with Gasteiger partial charge < -0.3 is 0 Å². The monoisotopic (exact) mass is 201 g/mol. The highest BCUT2D eigenvalue weighted by molar-refractivity contribution is 5.85. The fourth-order valence-electron chi connectivity index (χ4n) is 1.30. The summed E-state index contributed by atoms with van der Waals surface area (Å²) in [7, 11) is 4.10. The molecule has 0 atom stereocenters. The molecule has 0 aliphatic carbocycles. The number of likely N-dealkylation sites (N-methyl/N-ethyl adjacent to an activating group) is 1. The Balaban J connectivity index is 0. The third-order valence-corrected chi connectivity index (χ3v) is 2.27. The first-order chi connectivity index (χ1) is 5.63. The Morgan fingerprint density at radius 2 is 1.46 bits per heavy atom. The van der Waals surface area contributed by atoms with Crippen LogP contribution >= 0.6 is 12.4 Å². The second kappa shape index (κ2) is 6.93. The Labute approximate surface area is 88.2 Å². The molecule has 0 aromatic heterocycles. The minimum Gasteiger partial charge on any atom is -0.300 e. The molecule has 0 saturated carbocycles. The van der Waals surface area contributed by atoms with E-state index in [1.54, 1.807) is 0 Å². The first kappa shape index (κ1) is 15.0. The topological polar surface area (TPSA) is 3.24 Å². The minimum absolute atomic E-state index is 0. The van der Waals surface area contributed by atoms with Gasteiger partial charge in [-0.1, -0.05) is 18.2 Å². The van der Waals surface area contributed by atoms with Crippen LogP contribution in [0.1, 0.15) is 12.8 Å². The van der Waals surface area contributed by atoms with E-state index >= 15 is 0 Å². The van der Waals surface area contributed by atoms with Crippen molar-refractivity contribution in [2.24, 2.45) is 0 Å². The lowest BCUT2D eigenvalue weighted by molar-refractivity contribution is 0.212. The van der Waals surface area contributed by atoms with Gasteiger partial charge in [-0.25, -0.2) is 0 Å². The highest BCUT2D eigenvalue weighted by Crippen LogP contribution is 2.23. The molecule has 0 amide bonds. The van der Waals surface area contributed by atoms with Crippen molar-refractivity contribution in [3.8, 4) is 0 Å². The van der Waals surface area contributed by atoms with E-state index in [-0.39, 0.29) is 17.9 Å². The van der Waals surface area contributed by atoms with E-state index in [0.717, 1.165) is 12.8 Å². The molecule has 2 heteroatoms. The Bertz CT molecular complexity index is 163. The number of hydrogen-bond donors (Lipinski definition) is 0. The van der Waals surface area contributed by atoms with E-state index in [2.05, 4.69) is 38.7 Å². The first-order valence-corrected chi connectivity index (χ1v) is 4.16.